The Morgan fingerprint density at radius 1 is 1.10 bits per heavy atom. The van der Waals surface area contributed by atoms with Gasteiger partial charge in [-0.05, 0) is 24.1 Å². The molecule has 0 spiro atoms. The number of benzene rings is 1. The van der Waals surface area contributed by atoms with Gasteiger partial charge in [-0.3, -0.25) is 14.4 Å². The average Bonchev–Trinajstić information content (AvgIpc) is 2.31. The van der Waals surface area contributed by atoms with Crippen LogP contribution in [0.25, 0.3) is 0 Å². The van der Waals surface area contributed by atoms with Gasteiger partial charge in [0.15, 0.2) is 11.5 Å². The zero-order valence-corrected chi connectivity index (χ0v) is 11.5. The molecule has 0 aliphatic heterocycles. The highest BCUT2D eigenvalue weighted by atomic mass is 16.6. The molecular weight excluding hydrogens is 264 g/mol. The lowest BCUT2D eigenvalue weighted by molar-refractivity contribution is -0.139. The summed E-state index contributed by atoms with van der Waals surface area (Å²) in [5.41, 5.74) is 0.479. The van der Waals surface area contributed by atoms with Crippen molar-refractivity contribution >= 4 is 17.9 Å². The highest BCUT2D eigenvalue weighted by Gasteiger charge is 2.20. The van der Waals surface area contributed by atoms with Crippen molar-refractivity contribution in [3.8, 4) is 11.5 Å². The summed E-state index contributed by atoms with van der Waals surface area (Å²) in [6, 6.07) is 4.36. The highest BCUT2D eigenvalue weighted by Crippen LogP contribution is 2.32. The second-order valence-corrected chi connectivity index (χ2v) is 4.19. The molecule has 1 aromatic carbocycles. The smallest absolute Gasteiger partial charge is 0.310 e. The van der Waals surface area contributed by atoms with Crippen molar-refractivity contribution in [1.82, 2.24) is 0 Å². The van der Waals surface area contributed by atoms with Crippen LogP contribution in [0.4, 0.5) is 0 Å². The van der Waals surface area contributed by atoms with E-state index in [-0.39, 0.29) is 11.5 Å². The zero-order chi connectivity index (χ0) is 15.3. The molecule has 0 fully saturated rings. The van der Waals surface area contributed by atoms with E-state index in [4.69, 9.17) is 14.6 Å². The van der Waals surface area contributed by atoms with E-state index in [1.807, 2.05) is 0 Å². The Balaban J connectivity index is 3.21. The van der Waals surface area contributed by atoms with Crippen molar-refractivity contribution in [3.63, 3.8) is 0 Å². The third-order valence-corrected chi connectivity index (χ3v) is 2.58. The lowest BCUT2D eigenvalue weighted by Crippen LogP contribution is -2.12. The minimum Gasteiger partial charge on any atom is -0.481 e. The fraction of sp³-hybridized carbons (Fsp3) is 0.357. The first-order chi connectivity index (χ1) is 9.35. The number of aliphatic carboxylic acids is 1. The molecule has 1 unspecified atom stereocenters. The lowest BCUT2D eigenvalue weighted by Gasteiger charge is -2.14. The Hall–Kier alpha value is -2.37. The fourth-order valence-electron chi connectivity index (χ4n) is 1.77. The largest absolute Gasteiger partial charge is 0.481 e. The van der Waals surface area contributed by atoms with Crippen molar-refractivity contribution < 1.29 is 29.0 Å². The number of esters is 2. The predicted molar refractivity (Wildman–Crippen MR) is 69.7 cm³/mol. The van der Waals surface area contributed by atoms with Gasteiger partial charge in [0.05, 0.1) is 5.92 Å². The van der Waals surface area contributed by atoms with Gasteiger partial charge in [0, 0.05) is 13.8 Å². The Bertz CT molecular complexity index is 534. The molecule has 1 atom stereocenters. The molecule has 0 amide bonds. The van der Waals surface area contributed by atoms with Crippen molar-refractivity contribution in [3.05, 3.63) is 23.8 Å². The number of rotatable bonds is 5. The van der Waals surface area contributed by atoms with E-state index in [1.165, 1.54) is 32.0 Å². The van der Waals surface area contributed by atoms with Crippen LogP contribution in [0.3, 0.4) is 0 Å². The SMILES string of the molecule is CCC(C(=O)O)c1ccc(OC(C)=O)c(OC(C)=O)c1. The first-order valence-electron chi connectivity index (χ1n) is 6.08. The molecule has 20 heavy (non-hydrogen) atoms. The number of ether oxygens (including phenoxy) is 2. The van der Waals surface area contributed by atoms with Gasteiger partial charge in [0.25, 0.3) is 0 Å². The summed E-state index contributed by atoms with van der Waals surface area (Å²) in [4.78, 5) is 33.2. The molecule has 0 saturated heterocycles. The van der Waals surface area contributed by atoms with Crippen molar-refractivity contribution in [1.29, 1.82) is 0 Å². The monoisotopic (exact) mass is 280 g/mol. The normalized spacial score (nSPS) is 11.6. The molecule has 0 heterocycles. The molecule has 0 aliphatic rings. The predicted octanol–water partition coefficient (Wildman–Crippen LogP) is 2.12. The molecule has 0 aliphatic carbocycles. The Morgan fingerprint density at radius 3 is 2.10 bits per heavy atom. The Kier molecular flexibility index (Phi) is 5.25. The third kappa shape index (κ3) is 4.08. The summed E-state index contributed by atoms with van der Waals surface area (Å²) in [6.45, 7) is 4.17. The van der Waals surface area contributed by atoms with Gasteiger partial charge in [-0.1, -0.05) is 13.0 Å². The lowest BCUT2D eigenvalue weighted by atomic mass is 9.96. The fourth-order valence-corrected chi connectivity index (χ4v) is 1.77. The minimum absolute atomic E-state index is 0.0323. The molecule has 1 rings (SSSR count). The molecule has 0 radical (unpaired) electrons. The van der Waals surface area contributed by atoms with E-state index in [9.17, 15) is 14.4 Å². The maximum absolute atomic E-state index is 11.1. The summed E-state index contributed by atoms with van der Waals surface area (Å²) >= 11 is 0. The second kappa shape index (κ2) is 6.70. The number of hydrogen-bond donors (Lipinski definition) is 1. The third-order valence-electron chi connectivity index (χ3n) is 2.58. The van der Waals surface area contributed by atoms with Crippen molar-refractivity contribution in [2.75, 3.05) is 0 Å². The van der Waals surface area contributed by atoms with Gasteiger partial charge in [0.2, 0.25) is 0 Å². The van der Waals surface area contributed by atoms with Crippen LogP contribution < -0.4 is 9.47 Å². The maximum Gasteiger partial charge on any atom is 0.310 e. The van der Waals surface area contributed by atoms with Gasteiger partial charge in [-0.2, -0.15) is 0 Å². The van der Waals surface area contributed by atoms with Gasteiger partial charge < -0.3 is 14.6 Å². The van der Waals surface area contributed by atoms with Crippen LogP contribution in [0.15, 0.2) is 18.2 Å². The van der Waals surface area contributed by atoms with E-state index >= 15 is 0 Å². The van der Waals surface area contributed by atoms with E-state index in [0.29, 0.717) is 12.0 Å². The van der Waals surface area contributed by atoms with Crippen LogP contribution in [0, 0.1) is 0 Å². The van der Waals surface area contributed by atoms with Crippen LogP contribution in [-0.4, -0.2) is 23.0 Å². The molecule has 1 N–H and O–H groups in total. The number of hydrogen-bond acceptors (Lipinski definition) is 5. The summed E-state index contributed by atoms with van der Waals surface area (Å²) in [7, 11) is 0. The number of carboxylic acid groups (broad SMARTS) is 1. The van der Waals surface area contributed by atoms with Crippen LogP contribution in [0.2, 0.25) is 0 Å². The van der Waals surface area contributed by atoms with Gasteiger partial charge in [-0.25, -0.2) is 0 Å². The number of carbonyl (C=O) groups is 3. The average molecular weight is 280 g/mol. The molecule has 1 aromatic rings. The van der Waals surface area contributed by atoms with Gasteiger partial charge >= 0.3 is 17.9 Å². The van der Waals surface area contributed by atoms with Crippen LogP contribution >= 0.6 is 0 Å². The standard InChI is InChI=1S/C14H16O6/c1-4-11(14(17)18)10-5-6-12(19-8(2)15)13(7-10)20-9(3)16/h5-7,11H,4H2,1-3H3,(H,17,18). The zero-order valence-electron chi connectivity index (χ0n) is 11.5. The second-order valence-electron chi connectivity index (χ2n) is 4.19. The van der Waals surface area contributed by atoms with Gasteiger partial charge in [0.1, 0.15) is 0 Å². The summed E-state index contributed by atoms with van der Waals surface area (Å²) < 4.78 is 9.86. The molecule has 6 heteroatoms. The number of carboxylic acids is 1. The van der Waals surface area contributed by atoms with Crippen molar-refractivity contribution in [2.45, 2.75) is 33.1 Å². The topological polar surface area (TPSA) is 89.9 Å². The van der Waals surface area contributed by atoms with Crippen LogP contribution in [0.1, 0.15) is 38.7 Å². The van der Waals surface area contributed by atoms with E-state index in [1.54, 1.807) is 6.92 Å². The van der Waals surface area contributed by atoms with Crippen molar-refractivity contribution in [2.24, 2.45) is 0 Å². The number of carbonyl (C=O) groups excluding carboxylic acids is 2. The van der Waals surface area contributed by atoms with E-state index < -0.39 is 23.8 Å². The summed E-state index contributed by atoms with van der Waals surface area (Å²) in [5.74, 6) is -2.71. The van der Waals surface area contributed by atoms with Crippen LogP contribution in [-0.2, 0) is 14.4 Å². The maximum atomic E-state index is 11.1. The first kappa shape index (κ1) is 15.7. The minimum atomic E-state index is -0.971. The Morgan fingerprint density at radius 2 is 1.65 bits per heavy atom. The molecule has 0 bridgehead atoms. The summed E-state index contributed by atoms with van der Waals surface area (Å²) in [5, 5.41) is 9.12. The Labute approximate surface area is 116 Å². The molecule has 108 valence electrons. The van der Waals surface area contributed by atoms with Crippen LogP contribution in [0.5, 0.6) is 11.5 Å². The highest BCUT2D eigenvalue weighted by molar-refractivity contribution is 5.78. The molecule has 6 nitrogen and oxygen atoms in total. The van der Waals surface area contributed by atoms with E-state index in [2.05, 4.69) is 0 Å². The molecule has 0 aromatic heterocycles. The first-order valence-corrected chi connectivity index (χ1v) is 6.08. The molecular formula is C14H16O6. The van der Waals surface area contributed by atoms with E-state index in [0.717, 1.165) is 0 Å². The summed E-state index contributed by atoms with van der Waals surface area (Å²) in [6.07, 6.45) is 0.391. The molecule has 0 saturated carbocycles. The quantitative estimate of drug-likeness (QED) is 0.656. The van der Waals surface area contributed by atoms with Gasteiger partial charge in [-0.15, -0.1) is 0 Å².